The molecule has 0 fully saturated rings. The normalized spacial score (nSPS) is 12.8. The van der Waals surface area contributed by atoms with Crippen molar-refractivity contribution in [3.63, 3.8) is 0 Å². The van der Waals surface area contributed by atoms with Crippen molar-refractivity contribution in [3.05, 3.63) is 103 Å². The van der Waals surface area contributed by atoms with Crippen LogP contribution in [-0.2, 0) is 8.85 Å². The molecule has 0 spiro atoms. The van der Waals surface area contributed by atoms with Gasteiger partial charge in [0.1, 0.15) is 8.07 Å². The minimum Gasteiger partial charge on any atom is -0.411 e. The van der Waals surface area contributed by atoms with Gasteiger partial charge in [0.05, 0.1) is 0 Å². The molecule has 0 atom stereocenters. The Morgan fingerprint density at radius 1 is 0.475 bits per heavy atom. The van der Waals surface area contributed by atoms with Crippen LogP contribution >= 0.6 is 0 Å². The van der Waals surface area contributed by atoms with Gasteiger partial charge in [0.2, 0.25) is 16.6 Å². The van der Waals surface area contributed by atoms with Crippen LogP contribution in [0.4, 0.5) is 0 Å². The van der Waals surface area contributed by atoms with E-state index in [9.17, 15) is 0 Å². The summed E-state index contributed by atoms with van der Waals surface area (Å²) in [6.45, 7) is 20.6. The standard InChI is InChI=1S/C35H46O2Si3/c1-27(2)36-38(5,6)32-25-33(39(7,8)37-28(3)4)35(29-19-13-10-14-20-29)34(26-32)40(9,30-21-15-11-16-22-30)31-23-17-12-18-24-31/h10-28H,1-9H3. The van der Waals surface area contributed by atoms with Crippen molar-refractivity contribution >= 4 is 50.6 Å². The number of rotatable bonds is 10. The summed E-state index contributed by atoms with van der Waals surface area (Å²) in [5.41, 5.74) is 2.62. The molecule has 0 radical (unpaired) electrons. The summed E-state index contributed by atoms with van der Waals surface area (Å²) in [5.74, 6) is 0. The third-order valence-corrected chi connectivity index (χ3v) is 17.8. The fourth-order valence-electron chi connectivity index (χ4n) is 6.11. The Morgan fingerprint density at radius 3 is 1.32 bits per heavy atom. The maximum Gasteiger partial charge on any atom is 0.219 e. The summed E-state index contributed by atoms with van der Waals surface area (Å²) in [6, 6.07) is 38.4. The third kappa shape index (κ3) is 6.34. The highest BCUT2D eigenvalue weighted by atomic mass is 28.4. The SMILES string of the molecule is CC(C)O[Si](C)(C)c1cc([Si](C)(C)OC(C)C)c(-c2ccccc2)c([Si](C)(c2ccccc2)c2ccccc2)c1. The summed E-state index contributed by atoms with van der Waals surface area (Å²) in [4.78, 5) is 0. The fourth-order valence-corrected chi connectivity index (χ4v) is 15.4. The van der Waals surface area contributed by atoms with E-state index in [2.05, 4.69) is 164 Å². The Hall–Kier alpha value is -2.55. The summed E-state index contributed by atoms with van der Waals surface area (Å²) in [6.07, 6.45) is 0.327. The van der Waals surface area contributed by atoms with Gasteiger partial charge < -0.3 is 8.85 Å². The lowest BCUT2D eigenvalue weighted by Gasteiger charge is -2.38. The Balaban J connectivity index is 2.21. The quantitative estimate of drug-likeness (QED) is 0.166. The molecule has 0 heterocycles. The molecule has 5 heteroatoms. The lowest BCUT2D eigenvalue weighted by Crippen LogP contribution is -2.68. The van der Waals surface area contributed by atoms with Crippen molar-refractivity contribution in [2.45, 2.75) is 72.6 Å². The van der Waals surface area contributed by atoms with E-state index in [1.165, 1.54) is 37.1 Å². The van der Waals surface area contributed by atoms with E-state index in [1.54, 1.807) is 0 Å². The van der Waals surface area contributed by atoms with Gasteiger partial charge in [-0.3, -0.25) is 0 Å². The molecule has 0 aliphatic heterocycles. The Morgan fingerprint density at radius 2 is 0.875 bits per heavy atom. The molecule has 0 aliphatic carbocycles. The molecule has 0 unspecified atom stereocenters. The topological polar surface area (TPSA) is 18.5 Å². The predicted molar refractivity (Wildman–Crippen MR) is 182 cm³/mol. The van der Waals surface area contributed by atoms with E-state index in [4.69, 9.17) is 8.85 Å². The highest BCUT2D eigenvalue weighted by Crippen LogP contribution is 2.24. The van der Waals surface area contributed by atoms with Gasteiger partial charge in [-0.1, -0.05) is 110 Å². The van der Waals surface area contributed by atoms with Crippen molar-refractivity contribution in [3.8, 4) is 11.1 Å². The molecular formula is C35H46O2Si3. The highest BCUT2D eigenvalue weighted by molar-refractivity contribution is 7.12. The molecule has 4 rings (SSSR count). The molecule has 2 nitrogen and oxygen atoms in total. The molecule has 0 aliphatic rings. The van der Waals surface area contributed by atoms with Crippen LogP contribution in [-0.4, -0.2) is 36.9 Å². The molecule has 4 aromatic rings. The predicted octanol–water partition coefficient (Wildman–Crippen LogP) is 6.13. The van der Waals surface area contributed by atoms with Gasteiger partial charge in [0.25, 0.3) is 0 Å². The van der Waals surface area contributed by atoms with Gasteiger partial charge in [0.15, 0.2) is 0 Å². The Kier molecular flexibility index (Phi) is 9.22. The highest BCUT2D eigenvalue weighted by Gasteiger charge is 2.42. The van der Waals surface area contributed by atoms with Gasteiger partial charge in [0, 0.05) is 12.2 Å². The molecule has 0 amide bonds. The number of benzene rings is 4. The number of hydrogen-bond donors (Lipinski definition) is 0. The minimum atomic E-state index is -2.47. The van der Waals surface area contributed by atoms with Crippen LogP contribution in [0.3, 0.4) is 0 Å². The van der Waals surface area contributed by atoms with Crippen molar-refractivity contribution < 1.29 is 8.85 Å². The van der Waals surface area contributed by atoms with Crippen LogP contribution in [0.5, 0.6) is 0 Å². The van der Waals surface area contributed by atoms with Crippen molar-refractivity contribution in [1.29, 1.82) is 0 Å². The minimum absolute atomic E-state index is 0.154. The second kappa shape index (κ2) is 12.1. The first-order valence-electron chi connectivity index (χ1n) is 14.6. The van der Waals surface area contributed by atoms with Crippen molar-refractivity contribution in [2.75, 3.05) is 0 Å². The average Bonchev–Trinajstić information content (AvgIpc) is 2.92. The van der Waals surface area contributed by atoms with E-state index in [0.29, 0.717) is 0 Å². The molecule has 210 valence electrons. The Bertz CT molecular complexity index is 1360. The summed E-state index contributed by atoms with van der Waals surface area (Å²) >= 11 is 0. The zero-order valence-corrected chi connectivity index (χ0v) is 28.8. The third-order valence-electron chi connectivity index (χ3n) is 7.85. The fraction of sp³-hybridized carbons (Fsp3) is 0.314. The molecule has 40 heavy (non-hydrogen) atoms. The molecule has 0 N–H and O–H groups in total. The first-order valence-corrected chi connectivity index (χ1v) is 22.9. The van der Waals surface area contributed by atoms with E-state index >= 15 is 0 Å². The van der Waals surface area contributed by atoms with Gasteiger partial charge >= 0.3 is 0 Å². The lowest BCUT2D eigenvalue weighted by atomic mass is 10.1. The molecule has 0 aromatic heterocycles. The monoisotopic (exact) mass is 582 g/mol. The van der Waals surface area contributed by atoms with Crippen molar-refractivity contribution in [2.24, 2.45) is 0 Å². The molecule has 0 bridgehead atoms. The summed E-state index contributed by atoms with van der Waals surface area (Å²) in [7, 11) is -7.05. The first-order chi connectivity index (χ1) is 18.9. The van der Waals surface area contributed by atoms with Crippen LogP contribution in [0, 0.1) is 0 Å². The lowest BCUT2D eigenvalue weighted by molar-refractivity contribution is 0.238. The summed E-state index contributed by atoms with van der Waals surface area (Å²) < 4.78 is 13.6. The average molecular weight is 583 g/mol. The van der Waals surface area contributed by atoms with Crippen LogP contribution in [0.15, 0.2) is 103 Å². The maximum atomic E-state index is 6.84. The van der Waals surface area contributed by atoms with Crippen LogP contribution in [0.2, 0.25) is 32.7 Å². The van der Waals surface area contributed by atoms with Gasteiger partial charge in [-0.2, -0.15) is 0 Å². The number of hydrogen-bond acceptors (Lipinski definition) is 2. The molecular weight excluding hydrogens is 537 g/mol. The van der Waals surface area contributed by atoms with Crippen LogP contribution in [0.25, 0.3) is 11.1 Å². The van der Waals surface area contributed by atoms with Gasteiger partial charge in [-0.15, -0.1) is 0 Å². The van der Waals surface area contributed by atoms with E-state index in [0.717, 1.165) is 0 Å². The second-order valence-corrected chi connectivity index (χ2v) is 24.1. The molecule has 4 aromatic carbocycles. The molecule has 0 saturated heterocycles. The maximum absolute atomic E-state index is 6.84. The first kappa shape index (κ1) is 30.4. The second-order valence-electron chi connectivity index (χ2n) is 12.5. The van der Waals surface area contributed by atoms with E-state index in [1.807, 2.05) is 0 Å². The smallest absolute Gasteiger partial charge is 0.219 e. The largest absolute Gasteiger partial charge is 0.411 e. The Labute approximate surface area is 245 Å². The van der Waals surface area contributed by atoms with Gasteiger partial charge in [-0.05, 0) is 90.9 Å². The molecule has 0 saturated carbocycles. The van der Waals surface area contributed by atoms with Crippen molar-refractivity contribution in [1.82, 2.24) is 0 Å². The zero-order valence-electron chi connectivity index (χ0n) is 25.8. The summed E-state index contributed by atoms with van der Waals surface area (Å²) in [5, 5.41) is 7.00. The van der Waals surface area contributed by atoms with E-state index in [-0.39, 0.29) is 12.2 Å². The van der Waals surface area contributed by atoms with Gasteiger partial charge in [-0.25, -0.2) is 0 Å². The van der Waals surface area contributed by atoms with E-state index < -0.39 is 24.7 Å². The van der Waals surface area contributed by atoms with Crippen LogP contribution in [0.1, 0.15) is 27.7 Å². The van der Waals surface area contributed by atoms with Crippen LogP contribution < -0.4 is 25.9 Å². The zero-order chi connectivity index (χ0) is 29.1.